The fourth-order valence-electron chi connectivity index (χ4n) is 1.77. The Labute approximate surface area is 132 Å². The van der Waals surface area contributed by atoms with Crippen LogP contribution in [-0.4, -0.2) is 23.9 Å². The van der Waals surface area contributed by atoms with Crippen LogP contribution in [0.3, 0.4) is 0 Å². The van der Waals surface area contributed by atoms with E-state index in [2.05, 4.69) is 10.6 Å². The Morgan fingerprint density at radius 1 is 1.14 bits per heavy atom. The van der Waals surface area contributed by atoms with Crippen LogP contribution in [0, 0.1) is 0 Å². The van der Waals surface area contributed by atoms with Gasteiger partial charge in [0.2, 0.25) is 5.91 Å². The second-order valence-corrected chi connectivity index (χ2v) is 5.01. The normalized spacial score (nSPS) is 10.5. The number of halogens is 1. The van der Waals surface area contributed by atoms with Crippen LogP contribution >= 0.6 is 12.4 Å². The van der Waals surface area contributed by atoms with Gasteiger partial charge in [0.05, 0.1) is 0 Å². The highest BCUT2D eigenvalue weighted by Gasteiger charge is 2.21. The van der Waals surface area contributed by atoms with Gasteiger partial charge in [0.1, 0.15) is 0 Å². The monoisotopic (exact) mass is 313 g/mol. The summed E-state index contributed by atoms with van der Waals surface area (Å²) in [7, 11) is 0. The smallest absolute Gasteiger partial charge is 0.251 e. The zero-order valence-corrected chi connectivity index (χ0v) is 13.5. The van der Waals surface area contributed by atoms with Crippen molar-refractivity contribution in [3.05, 3.63) is 29.8 Å². The molecule has 0 atom stereocenters. The average Bonchev–Trinajstić information content (AvgIpc) is 2.44. The molecule has 4 N–H and O–H groups in total. The molecule has 0 aliphatic carbocycles. The third-order valence-electron chi connectivity index (χ3n) is 3.48. The molecule has 0 aliphatic rings. The fourth-order valence-corrected chi connectivity index (χ4v) is 1.77. The summed E-state index contributed by atoms with van der Waals surface area (Å²) in [6.07, 6.45) is 1.62. The largest absolute Gasteiger partial charge is 0.350 e. The zero-order valence-electron chi connectivity index (χ0n) is 12.7. The van der Waals surface area contributed by atoms with Gasteiger partial charge in [-0.1, -0.05) is 13.8 Å². The first-order valence-electron chi connectivity index (χ1n) is 6.85. The number of amides is 2. The quantitative estimate of drug-likeness (QED) is 0.753. The number of benzene rings is 1. The molecule has 0 radical (unpaired) electrons. The lowest BCUT2D eigenvalue weighted by Gasteiger charge is -2.26. The molecule has 0 unspecified atom stereocenters. The van der Waals surface area contributed by atoms with E-state index in [4.69, 9.17) is 5.73 Å². The molecular weight excluding hydrogens is 290 g/mol. The minimum Gasteiger partial charge on any atom is -0.350 e. The van der Waals surface area contributed by atoms with Crippen molar-refractivity contribution in [1.82, 2.24) is 5.32 Å². The van der Waals surface area contributed by atoms with Crippen molar-refractivity contribution in [1.29, 1.82) is 0 Å². The molecule has 0 saturated carbocycles. The Balaban J connectivity index is 0.00000400. The number of anilines is 1. The Morgan fingerprint density at radius 3 is 2.10 bits per heavy atom. The molecule has 0 aliphatic heterocycles. The van der Waals surface area contributed by atoms with E-state index in [0.717, 1.165) is 12.8 Å². The molecule has 1 rings (SSSR count). The molecule has 0 saturated heterocycles. The molecule has 21 heavy (non-hydrogen) atoms. The second kappa shape index (κ2) is 8.64. The van der Waals surface area contributed by atoms with Crippen LogP contribution in [-0.2, 0) is 4.79 Å². The summed E-state index contributed by atoms with van der Waals surface area (Å²) in [5, 5.41) is 5.51. The van der Waals surface area contributed by atoms with Gasteiger partial charge < -0.3 is 16.4 Å². The minimum absolute atomic E-state index is 0. The number of hydrogen-bond acceptors (Lipinski definition) is 3. The van der Waals surface area contributed by atoms with Crippen molar-refractivity contribution in [2.45, 2.75) is 39.2 Å². The summed E-state index contributed by atoms with van der Waals surface area (Å²) in [5.74, 6) is -0.294. The first-order chi connectivity index (χ1) is 9.40. The van der Waals surface area contributed by atoms with Gasteiger partial charge >= 0.3 is 0 Å². The molecule has 1 aromatic rings. The Bertz CT molecular complexity index is 470. The number of rotatable bonds is 6. The summed E-state index contributed by atoms with van der Waals surface area (Å²) in [5.41, 5.74) is 7.00. The molecule has 1 aromatic carbocycles. The Hall–Kier alpha value is -1.59. The Kier molecular flexibility index (Phi) is 7.99. The van der Waals surface area contributed by atoms with E-state index >= 15 is 0 Å². The number of nitrogens with two attached hydrogens (primary N) is 1. The van der Waals surface area contributed by atoms with Crippen LogP contribution in [0.4, 0.5) is 5.69 Å². The van der Waals surface area contributed by atoms with Crippen molar-refractivity contribution < 1.29 is 9.59 Å². The molecule has 0 bridgehead atoms. The summed E-state index contributed by atoms with van der Waals surface area (Å²) < 4.78 is 0. The first-order valence-corrected chi connectivity index (χ1v) is 6.85. The van der Waals surface area contributed by atoms with Gasteiger partial charge in [0.15, 0.2) is 0 Å². The SMILES string of the molecule is CCC(N)(CC)CNC(=O)c1ccc(NC(C)=O)cc1.Cl. The molecule has 118 valence electrons. The molecule has 0 spiro atoms. The second-order valence-electron chi connectivity index (χ2n) is 5.01. The van der Waals surface area contributed by atoms with Gasteiger partial charge in [-0.3, -0.25) is 9.59 Å². The van der Waals surface area contributed by atoms with Crippen LogP contribution in [0.5, 0.6) is 0 Å². The van der Waals surface area contributed by atoms with Gasteiger partial charge in [-0.25, -0.2) is 0 Å². The molecule has 0 heterocycles. The van der Waals surface area contributed by atoms with E-state index in [1.165, 1.54) is 6.92 Å². The fraction of sp³-hybridized carbons (Fsp3) is 0.467. The number of nitrogens with one attached hydrogen (secondary N) is 2. The van der Waals surface area contributed by atoms with E-state index in [0.29, 0.717) is 17.8 Å². The average molecular weight is 314 g/mol. The van der Waals surface area contributed by atoms with E-state index in [1.807, 2.05) is 13.8 Å². The zero-order chi connectivity index (χ0) is 15.2. The molecule has 2 amide bonds. The summed E-state index contributed by atoms with van der Waals surface area (Å²) in [4.78, 5) is 22.9. The standard InChI is InChI=1S/C15H23N3O2.ClH/c1-4-15(16,5-2)10-17-14(20)12-6-8-13(9-7-12)18-11(3)19;/h6-9H,4-5,10,16H2,1-3H3,(H,17,20)(H,18,19);1H. The Morgan fingerprint density at radius 2 is 1.67 bits per heavy atom. The van der Waals surface area contributed by atoms with Gasteiger partial charge in [0, 0.05) is 30.3 Å². The van der Waals surface area contributed by atoms with Gasteiger partial charge in [-0.05, 0) is 37.1 Å². The number of hydrogen-bond donors (Lipinski definition) is 3. The van der Waals surface area contributed by atoms with Crippen LogP contribution in [0.2, 0.25) is 0 Å². The maximum absolute atomic E-state index is 12.0. The highest BCUT2D eigenvalue weighted by Crippen LogP contribution is 2.12. The first kappa shape index (κ1) is 19.4. The van der Waals surface area contributed by atoms with Crippen molar-refractivity contribution in [3.8, 4) is 0 Å². The lowest BCUT2D eigenvalue weighted by Crippen LogP contribution is -2.49. The van der Waals surface area contributed by atoms with Crippen LogP contribution in [0.15, 0.2) is 24.3 Å². The third-order valence-corrected chi connectivity index (χ3v) is 3.48. The van der Waals surface area contributed by atoms with Crippen molar-refractivity contribution in [3.63, 3.8) is 0 Å². The highest BCUT2D eigenvalue weighted by molar-refractivity contribution is 5.95. The molecule has 0 aromatic heterocycles. The number of carbonyl (C=O) groups excluding carboxylic acids is 2. The van der Waals surface area contributed by atoms with E-state index in [1.54, 1.807) is 24.3 Å². The van der Waals surface area contributed by atoms with Crippen LogP contribution in [0.1, 0.15) is 44.0 Å². The predicted molar refractivity (Wildman–Crippen MR) is 87.8 cm³/mol. The van der Waals surface area contributed by atoms with Crippen molar-refractivity contribution >= 4 is 29.9 Å². The third kappa shape index (κ3) is 6.14. The molecular formula is C15H24ClN3O2. The maximum Gasteiger partial charge on any atom is 0.251 e. The summed E-state index contributed by atoms with van der Waals surface area (Å²) in [6.45, 7) is 5.92. The van der Waals surface area contributed by atoms with Crippen LogP contribution in [0.25, 0.3) is 0 Å². The van der Waals surface area contributed by atoms with Crippen molar-refractivity contribution in [2.75, 3.05) is 11.9 Å². The lowest BCUT2D eigenvalue weighted by molar-refractivity contribution is -0.114. The molecule has 6 heteroatoms. The van der Waals surface area contributed by atoms with E-state index in [-0.39, 0.29) is 29.8 Å². The van der Waals surface area contributed by atoms with E-state index in [9.17, 15) is 9.59 Å². The van der Waals surface area contributed by atoms with Gasteiger partial charge in [-0.2, -0.15) is 0 Å². The molecule has 0 fully saturated rings. The highest BCUT2D eigenvalue weighted by atomic mass is 35.5. The van der Waals surface area contributed by atoms with Gasteiger partial charge in [-0.15, -0.1) is 12.4 Å². The molecule has 5 nitrogen and oxygen atoms in total. The number of carbonyl (C=O) groups is 2. The maximum atomic E-state index is 12.0. The van der Waals surface area contributed by atoms with E-state index < -0.39 is 0 Å². The minimum atomic E-state index is -0.355. The summed E-state index contributed by atoms with van der Waals surface area (Å²) >= 11 is 0. The topological polar surface area (TPSA) is 84.2 Å². The predicted octanol–water partition coefficient (Wildman–Crippen LogP) is 2.31. The van der Waals surface area contributed by atoms with Crippen LogP contribution < -0.4 is 16.4 Å². The lowest BCUT2D eigenvalue weighted by atomic mass is 9.94. The van der Waals surface area contributed by atoms with Crippen molar-refractivity contribution in [2.24, 2.45) is 5.73 Å². The summed E-state index contributed by atoms with van der Waals surface area (Å²) in [6, 6.07) is 6.75. The van der Waals surface area contributed by atoms with Gasteiger partial charge in [0.25, 0.3) is 5.91 Å².